The maximum absolute atomic E-state index is 9.55. The molecular weight excluding hydrogens is 329 g/mol. The van der Waals surface area contributed by atoms with Gasteiger partial charge in [0, 0.05) is 0 Å². The van der Waals surface area contributed by atoms with Gasteiger partial charge >= 0.3 is 0 Å². The maximum Gasteiger partial charge on any atom is 0.131 e. The van der Waals surface area contributed by atoms with Gasteiger partial charge in [0.05, 0.1) is 27.7 Å². The Labute approximate surface area is 113 Å². The molecule has 0 aromatic rings. The van der Waals surface area contributed by atoms with Crippen LogP contribution in [0, 0.1) is 0 Å². The summed E-state index contributed by atoms with van der Waals surface area (Å²) in [6.07, 6.45) is -5.61. The van der Waals surface area contributed by atoms with Crippen LogP contribution in [0.1, 0.15) is 0 Å². The molecule has 0 fully saturated rings. The van der Waals surface area contributed by atoms with Gasteiger partial charge in [-0.05, 0) is 0 Å². The lowest BCUT2D eigenvalue weighted by Gasteiger charge is -2.31. The highest BCUT2D eigenvalue weighted by molar-refractivity contribution is 4.80. The summed E-state index contributed by atoms with van der Waals surface area (Å²) in [5, 5.41) is 46.0. The van der Waals surface area contributed by atoms with E-state index in [0.29, 0.717) is 4.48 Å². The fourth-order valence-corrected chi connectivity index (χ4v) is 1.23. The van der Waals surface area contributed by atoms with E-state index in [2.05, 4.69) is 0 Å². The first kappa shape index (κ1) is 18.8. The summed E-state index contributed by atoms with van der Waals surface area (Å²) in [5.74, 6) is 0. The third-order valence-electron chi connectivity index (χ3n) is 2.06. The normalized spacial score (nSPS) is 19.5. The van der Waals surface area contributed by atoms with Crippen molar-refractivity contribution >= 4 is 0 Å². The number of rotatable bonds is 6. The third-order valence-corrected chi connectivity index (χ3v) is 2.06. The van der Waals surface area contributed by atoms with Crippen molar-refractivity contribution in [3.63, 3.8) is 0 Å². The second-order valence-corrected chi connectivity index (χ2v) is 4.77. The number of aliphatic hydroxyl groups excluding tert-OH is 5. The molecule has 6 nitrogen and oxygen atoms in total. The van der Waals surface area contributed by atoms with E-state index in [1.807, 2.05) is 21.1 Å². The van der Waals surface area contributed by atoms with E-state index in [1.165, 1.54) is 0 Å². The van der Waals surface area contributed by atoms with Crippen LogP contribution in [0.3, 0.4) is 0 Å². The molecule has 0 spiro atoms. The smallest absolute Gasteiger partial charge is 0.131 e. The van der Waals surface area contributed by atoms with Crippen LogP contribution in [0.5, 0.6) is 0 Å². The van der Waals surface area contributed by atoms with E-state index in [1.54, 1.807) is 0 Å². The Morgan fingerprint density at radius 1 is 0.875 bits per heavy atom. The quantitative estimate of drug-likeness (QED) is 0.242. The van der Waals surface area contributed by atoms with Crippen molar-refractivity contribution in [2.24, 2.45) is 0 Å². The number of hydrogen-bond donors (Lipinski definition) is 5. The molecular formula is C9H22INO5. The zero-order valence-corrected chi connectivity index (χ0v) is 11.9. The van der Waals surface area contributed by atoms with E-state index in [4.69, 9.17) is 10.2 Å². The molecule has 0 aliphatic carbocycles. The minimum atomic E-state index is -1.54. The first-order valence-corrected chi connectivity index (χ1v) is 4.82. The molecule has 16 heavy (non-hydrogen) atoms. The lowest BCUT2D eigenvalue weighted by Crippen LogP contribution is -3.00. The van der Waals surface area contributed by atoms with Crippen LogP contribution in [0.4, 0.5) is 0 Å². The summed E-state index contributed by atoms with van der Waals surface area (Å²) in [7, 11) is 5.47. The Bertz CT molecular complexity index is 187. The van der Waals surface area contributed by atoms with Gasteiger partial charge in [-0.15, -0.1) is 0 Å². The number of hydrogen-bond acceptors (Lipinski definition) is 5. The Morgan fingerprint density at radius 2 is 1.25 bits per heavy atom. The molecule has 0 bridgehead atoms. The SMILES string of the molecule is C[N+](C)(C)C[C@H](O)[C@@H](O)[C@H](O)[C@H](O)CO.[I-]. The Hall–Kier alpha value is 0.490. The van der Waals surface area contributed by atoms with E-state index >= 15 is 0 Å². The molecule has 0 unspecified atom stereocenters. The van der Waals surface area contributed by atoms with Gasteiger partial charge in [-0.1, -0.05) is 0 Å². The minimum Gasteiger partial charge on any atom is -1.00 e. The summed E-state index contributed by atoms with van der Waals surface area (Å²) in [5.41, 5.74) is 0. The van der Waals surface area contributed by atoms with E-state index in [0.717, 1.165) is 0 Å². The molecule has 0 amide bonds. The van der Waals surface area contributed by atoms with Crippen molar-refractivity contribution in [3.05, 3.63) is 0 Å². The lowest BCUT2D eigenvalue weighted by molar-refractivity contribution is -0.874. The van der Waals surface area contributed by atoms with Gasteiger partial charge in [-0.2, -0.15) is 0 Å². The zero-order chi connectivity index (χ0) is 12.2. The van der Waals surface area contributed by atoms with Crippen LogP contribution in [0.2, 0.25) is 0 Å². The summed E-state index contributed by atoms with van der Waals surface area (Å²) in [4.78, 5) is 0. The summed E-state index contributed by atoms with van der Waals surface area (Å²) < 4.78 is 0.417. The molecule has 0 rings (SSSR count). The predicted molar refractivity (Wildman–Crippen MR) is 54.0 cm³/mol. The first-order valence-electron chi connectivity index (χ1n) is 4.82. The number of halogens is 1. The van der Waals surface area contributed by atoms with Crippen LogP contribution in [0.15, 0.2) is 0 Å². The Morgan fingerprint density at radius 3 is 1.56 bits per heavy atom. The largest absolute Gasteiger partial charge is 1.00 e. The molecule has 0 aliphatic rings. The number of aliphatic hydroxyl groups is 5. The first-order chi connectivity index (χ1) is 6.69. The van der Waals surface area contributed by atoms with E-state index in [-0.39, 0.29) is 30.5 Å². The molecule has 5 N–H and O–H groups in total. The van der Waals surface area contributed by atoms with Gasteiger partial charge in [-0.3, -0.25) is 0 Å². The standard InChI is InChI=1S/C9H22NO5.HI/c1-10(2,3)4-6(12)8(14)9(15)7(13)5-11;/h6-9,11-15H,4-5H2,1-3H3;1H/q+1;/p-1/t6-,7+,8+,9+;/m0./s1. The maximum atomic E-state index is 9.55. The van der Waals surface area contributed by atoms with Gasteiger partial charge in [0.15, 0.2) is 0 Å². The van der Waals surface area contributed by atoms with Crippen molar-refractivity contribution in [2.45, 2.75) is 24.4 Å². The molecule has 0 aromatic heterocycles. The summed E-state index contributed by atoms with van der Waals surface area (Å²) in [6.45, 7) is -0.425. The highest BCUT2D eigenvalue weighted by atomic mass is 127. The fraction of sp³-hybridized carbons (Fsp3) is 1.00. The fourth-order valence-electron chi connectivity index (χ4n) is 1.23. The van der Waals surface area contributed by atoms with Crippen molar-refractivity contribution in [1.82, 2.24) is 0 Å². The molecule has 0 aliphatic heterocycles. The molecule has 0 heterocycles. The summed E-state index contributed by atoms with van der Waals surface area (Å²) in [6, 6.07) is 0. The monoisotopic (exact) mass is 351 g/mol. The highest BCUT2D eigenvalue weighted by Gasteiger charge is 2.32. The molecule has 0 saturated heterocycles. The molecule has 7 heteroatoms. The zero-order valence-electron chi connectivity index (χ0n) is 9.78. The molecule has 100 valence electrons. The molecule has 4 atom stereocenters. The van der Waals surface area contributed by atoms with Crippen LogP contribution in [-0.4, -0.2) is 88.7 Å². The summed E-state index contributed by atoms with van der Waals surface area (Å²) >= 11 is 0. The minimum absolute atomic E-state index is 0. The lowest BCUT2D eigenvalue weighted by atomic mass is 10.0. The van der Waals surface area contributed by atoms with Gasteiger partial charge < -0.3 is 54.0 Å². The number of likely N-dealkylation sites (N-methyl/N-ethyl adjacent to an activating group) is 1. The van der Waals surface area contributed by atoms with Crippen molar-refractivity contribution < 1.29 is 54.0 Å². The van der Waals surface area contributed by atoms with Gasteiger partial charge in [0.25, 0.3) is 0 Å². The van der Waals surface area contributed by atoms with Crippen molar-refractivity contribution in [2.75, 3.05) is 34.3 Å². The van der Waals surface area contributed by atoms with Crippen LogP contribution in [-0.2, 0) is 0 Å². The molecule has 0 aromatic carbocycles. The Balaban J connectivity index is 0. The number of quaternary nitrogens is 1. The second kappa shape index (κ2) is 7.75. The van der Waals surface area contributed by atoms with Gasteiger partial charge in [0.2, 0.25) is 0 Å². The van der Waals surface area contributed by atoms with E-state index in [9.17, 15) is 15.3 Å². The van der Waals surface area contributed by atoms with Crippen molar-refractivity contribution in [3.8, 4) is 0 Å². The topological polar surface area (TPSA) is 101 Å². The predicted octanol–water partition coefficient (Wildman–Crippen LogP) is -5.87. The highest BCUT2D eigenvalue weighted by Crippen LogP contribution is 2.07. The van der Waals surface area contributed by atoms with E-state index < -0.39 is 31.0 Å². The van der Waals surface area contributed by atoms with Crippen LogP contribution in [0.25, 0.3) is 0 Å². The Kier molecular flexibility index (Phi) is 9.12. The average molecular weight is 351 g/mol. The third kappa shape index (κ3) is 6.94. The molecule has 0 radical (unpaired) electrons. The molecule has 0 saturated carbocycles. The second-order valence-electron chi connectivity index (χ2n) is 4.77. The average Bonchev–Trinajstić information content (AvgIpc) is 2.11. The van der Waals surface area contributed by atoms with Gasteiger partial charge in [0.1, 0.15) is 31.0 Å². The van der Waals surface area contributed by atoms with Crippen molar-refractivity contribution in [1.29, 1.82) is 0 Å². The van der Waals surface area contributed by atoms with Crippen LogP contribution < -0.4 is 24.0 Å². The van der Waals surface area contributed by atoms with Crippen LogP contribution >= 0.6 is 0 Å². The van der Waals surface area contributed by atoms with Gasteiger partial charge in [-0.25, -0.2) is 0 Å². The number of nitrogens with zero attached hydrogens (tertiary/aromatic N) is 1.